The number of carbonyl (C=O) groups excluding carboxylic acids is 2. The maximum Gasteiger partial charge on any atom is 0.331 e. The monoisotopic (exact) mass is 230 g/mol. The average molecular weight is 230 g/mol. The zero-order valence-electron chi connectivity index (χ0n) is 9.64. The Morgan fingerprint density at radius 1 is 1.31 bits per heavy atom. The lowest BCUT2D eigenvalue weighted by Crippen LogP contribution is -2.12. The summed E-state index contributed by atoms with van der Waals surface area (Å²) in [6.07, 6.45) is 3.00. The second-order valence-electron chi connectivity index (χ2n) is 3.23. The fraction of sp³-hybridized carbons (Fsp3) is 0.636. The van der Waals surface area contributed by atoms with Crippen molar-refractivity contribution in [3.05, 3.63) is 12.2 Å². The number of aliphatic hydroxyl groups excluding tert-OH is 1. The summed E-state index contributed by atoms with van der Waals surface area (Å²) < 4.78 is 9.57. The number of esters is 2. The minimum absolute atomic E-state index is 0.0347. The first-order chi connectivity index (χ1) is 7.60. The lowest BCUT2D eigenvalue weighted by atomic mass is 10.3. The van der Waals surface area contributed by atoms with E-state index >= 15 is 0 Å². The molecule has 5 heteroatoms. The predicted molar refractivity (Wildman–Crippen MR) is 57.6 cm³/mol. The highest BCUT2D eigenvalue weighted by Crippen LogP contribution is 1.97. The van der Waals surface area contributed by atoms with Gasteiger partial charge in [-0.15, -0.1) is 0 Å². The summed E-state index contributed by atoms with van der Waals surface area (Å²) in [5.74, 6) is -1.18. The van der Waals surface area contributed by atoms with Crippen LogP contribution in [0.1, 0.15) is 26.7 Å². The van der Waals surface area contributed by atoms with Crippen LogP contribution < -0.4 is 0 Å². The highest BCUT2D eigenvalue weighted by atomic mass is 16.5. The van der Waals surface area contributed by atoms with E-state index in [0.717, 1.165) is 18.6 Å². The molecule has 0 rings (SSSR count). The molecule has 0 aromatic heterocycles. The van der Waals surface area contributed by atoms with Gasteiger partial charge in [0, 0.05) is 25.2 Å². The van der Waals surface area contributed by atoms with E-state index < -0.39 is 11.9 Å². The van der Waals surface area contributed by atoms with Crippen LogP contribution in [0.5, 0.6) is 0 Å². The summed E-state index contributed by atoms with van der Waals surface area (Å²) in [6, 6.07) is 0. The van der Waals surface area contributed by atoms with E-state index in [1.807, 2.05) is 6.92 Å². The molecule has 5 nitrogen and oxygen atoms in total. The molecular weight excluding hydrogens is 212 g/mol. The Morgan fingerprint density at radius 3 is 2.50 bits per heavy atom. The number of carbonyl (C=O) groups is 2. The van der Waals surface area contributed by atoms with Crippen molar-refractivity contribution >= 4 is 11.9 Å². The van der Waals surface area contributed by atoms with Gasteiger partial charge in [-0.25, -0.2) is 9.59 Å². The highest BCUT2D eigenvalue weighted by Gasteiger charge is 2.04. The molecular formula is C11H18O5. The van der Waals surface area contributed by atoms with Gasteiger partial charge in [0.2, 0.25) is 0 Å². The van der Waals surface area contributed by atoms with Gasteiger partial charge in [0.25, 0.3) is 0 Å². The Morgan fingerprint density at radius 2 is 1.94 bits per heavy atom. The van der Waals surface area contributed by atoms with Crippen molar-refractivity contribution in [2.75, 3.05) is 13.2 Å². The topological polar surface area (TPSA) is 72.8 Å². The first-order valence-electron chi connectivity index (χ1n) is 5.26. The summed E-state index contributed by atoms with van der Waals surface area (Å²) in [4.78, 5) is 22.1. The Kier molecular flexibility index (Phi) is 8.15. The maximum absolute atomic E-state index is 11.1. The first-order valence-corrected chi connectivity index (χ1v) is 5.26. The van der Waals surface area contributed by atoms with Gasteiger partial charge < -0.3 is 14.6 Å². The van der Waals surface area contributed by atoms with Crippen molar-refractivity contribution in [3.63, 3.8) is 0 Å². The minimum atomic E-state index is -0.616. The fourth-order valence-corrected chi connectivity index (χ4v) is 0.742. The van der Waals surface area contributed by atoms with Crippen LogP contribution in [0.4, 0.5) is 0 Å². The fourth-order valence-electron chi connectivity index (χ4n) is 0.742. The van der Waals surface area contributed by atoms with Gasteiger partial charge in [0.1, 0.15) is 0 Å². The van der Waals surface area contributed by atoms with E-state index in [4.69, 9.17) is 9.84 Å². The summed E-state index contributed by atoms with van der Waals surface area (Å²) in [6.45, 7) is 3.77. The molecule has 0 saturated carbocycles. The number of aliphatic hydroxyl groups is 1. The number of hydrogen-bond donors (Lipinski definition) is 1. The summed E-state index contributed by atoms with van der Waals surface area (Å²) in [5.41, 5.74) is 0. The molecule has 0 radical (unpaired) electrons. The van der Waals surface area contributed by atoms with Crippen LogP contribution >= 0.6 is 0 Å². The van der Waals surface area contributed by atoms with Gasteiger partial charge in [-0.2, -0.15) is 0 Å². The Labute approximate surface area is 95.0 Å². The molecule has 0 bridgehead atoms. The van der Waals surface area contributed by atoms with E-state index in [2.05, 4.69) is 4.74 Å². The van der Waals surface area contributed by atoms with Crippen molar-refractivity contribution in [2.45, 2.75) is 32.8 Å². The van der Waals surface area contributed by atoms with Crippen molar-refractivity contribution in [1.29, 1.82) is 0 Å². The van der Waals surface area contributed by atoms with Crippen molar-refractivity contribution in [1.82, 2.24) is 0 Å². The molecule has 92 valence electrons. The van der Waals surface area contributed by atoms with Gasteiger partial charge in [-0.1, -0.05) is 6.92 Å². The van der Waals surface area contributed by atoms with Gasteiger partial charge in [0.15, 0.2) is 0 Å². The van der Waals surface area contributed by atoms with E-state index in [1.54, 1.807) is 6.92 Å². The number of rotatable bonds is 7. The third-order valence-corrected chi connectivity index (χ3v) is 1.79. The predicted octanol–water partition coefficient (Wildman–Crippen LogP) is 0.810. The van der Waals surface area contributed by atoms with Crippen LogP contribution in [0.15, 0.2) is 12.2 Å². The lowest BCUT2D eigenvalue weighted by molar-refractivity contribution is -0.143. The van der Waals surface area contributed by atoms with Gasteiger partial charge in [-0.05, 0) is 13.3 Å². The van der Waals surface area contributed by atoms with E-state index in [1.165, 1.54) is 0 Å². The summed E-state index contributed by atoms with van der Waals surface area (Å²) in [7, 11) is 0. The quantitative estimate of drug-likeness (QED) is 0.398. The SMILES string of the molecule is CCC(C)OC(=O)C=CC(=O)OCCCO. The molecule has 0 aromatic carbocycles. The lowest BCUT2D eigenvalue weighted by Gasteiger charge is -2.07. The molecule has 1 N–H and O–H groups in total. The molecule has 0 amide bonds. The largest absolute Gasteiger partial charge is 0.462 e. The molecule has 0 aliphatic heterocycles. The first kappa shape index (κ1) is 14.6. The van der Waals surface area contributed by atoms with Crippen LogP contribution in [0.25, 0.3) is 0 Å². The van der Waals surface area contributed by atoms with Gasteiger partial charge >= 0.3 is 11.9 Å². The Balaban J connectivity index is 3.80. The zero-order valence-corrected chi connectivity index (χ0v) is 9.64. The normalized spacial score (nSPS) is 12.4. The van der Waals surface area contributed by atoms with Gasteiger partial charge in [0.05, 0.1) is 12.7 Å². The summed E-state index contributed by atoms with van der Waals surface area (Å²) >= 11 is 0. The second kappa shape index (κ2) is 8.91. The molecule has 1 atom stereocenters. The Bertz CT molecular complexity index is 247. The highest BCUT2D eigenvalue weighted by molar-refractivity contribution is 5.91. The maximum atomic E-state index is 11.1. The number of hydrogen-bond acceptors (Lipinski definition) is 5. The number of ether oxygens (including phenoxy) is 2. The van der Waals surface area contributed by atoms with Crippen molar-refractivity contribution in [3.8, 4) is 0 Å². The van der Waals surface area contributed by atoms with E-state index in [-0.39, 0.29) is 19.3 Å². The van der Waals surface area contributed by atoms with Crippen LogP contribution in [-0.4, -0.2) is 36.4 Å². The van der Waals surface area contributed by atoms with Crippen molar-refractivity contribution < 1.29 is 24.2 Å². The average Bonchev–Trinajstić information content (AvgIpc) is 2.26. The molecule has 0 heterocycles. The van der Waals surface area contributed by atoms with Crippen LogP contribution in [0.2, 0.25) is 0 Å². The van der Waals surface area contributed by atoms with E-state index in [0.29, 0.717) is 6.42 Å². The van der Waals surface area contributed by atoms with Crippen LogP contribution in [0, 0.1) is 0 Å². The smallest absolute Gasteiger partial charge is 0.331 e. The standard InChI is InChI=1S/C11H18O5/c1-3-9(2)16-11(14)6-5-10(13)15-8-4-7-12/h5-6,9,12H,3-4,7-8H2,1-2H3. The molecule has 0 spiro atoms. The summed E-state index contributed by atoms with van der Waals surface area (Å²) in [5, 5.41) is 8.44. The third kappa shape index (κ3) is 7.99. The van der Waals surface area contributed by atoms with Crippen molar-refractivity contribution in [2.24, 2.45) is 0 Å². The van der Waals surface area contributed by atoms with Crippen LogP contribution in [0.3, 0.4) is 0 Å². The molecule has 0 aliphatic carbocycles. The minimum Gasteiger partial charge on any atom is -0.462 e. The molecule has 1 unspecified atom stereocenters. The third-order valence-electron chi connectivity index (χ3n) is 1.79. The zero-order chi connectivity index (χ0) is 12.4. The molecule has 0 saturated heterocycles. The molecule has 0 fully saturated rings. The van der Waals surface area contributed by atoms with Gasteiger partial charge in [-0.3, -0.25) is 0 Å². The second-order valence-corrected chi connectivity index (χ2v) is 3.23. The Hall–Kier alpha value is -1.36. The molecule has 16 heavy (non-hydrogen) atoms. The molecule has 0 aromatic rings. The van der Waals surface area contributed by atoms with Crippen LogP contribution in [-0.2, 0) is 19.1 Å². The molecule has 0 aliphatic rings. The van der Waals surface area contributed by atoms with E-state index in [9.17, 15) is 9.59 Å².